The number of nitrogens with zero attached hydrogens (tertiary/aromatic N) is 3. The molecule has 0 unspecified atom stereocenters. The Balaban J connectivity index is 1.76. The van der Waals surface area contributed by atoms with E-state index in [9.17, 15) is 9.18 Å². The summed E-state index contributed by atoms with van der Waals surface area (Å²) in [5.41, 5.74) is 1.10. The van der Waals surface area contributed by atoms with Crippen molar-refractivity contribution >= 4 is 33.5 Å². The molecule has 0 spiro atoms. The summed E-state index contributed by atoms with van der Waals surface area (Å²) in [6.45, 7) is 7.07. The van der Waals surface area contributed by atoms with Crippen molar-refractivity contribution in [3.63, 3.8) is 0 Å². The van der Waals surface area contributed by atoms with Crippen LogP contribution in [0.1, 0.15) is 26.5 Å². The zero-order valence-corrected chi connectivity index (χ0v) is 15.9. The van der Waals surface area contributed by atoms with E-state index in [2.05, 4.69) is 26.3 Å². The van der Waals surface area contributed by atoms with Crippen molar-refractivity contribution in [3.8, 4) is 0 Å². The fourth-order valence-corrected chi connectivity index (χ4v) is 3.03. The molecule has 8 heteroatoms. The van der Waals surface area contributed by atoms with Gasteiger partial charge in [0, 0.05) is 12.2 Å². The Labute approximate surface area is 154 Å². The normalized spacial score (nSPS) is 14.2. The van der Waals surface area contributed by atoms with Gasteiger partial charge in [0.25, 0.3) is 0 Å². The third kappa shape index (κ3) is 4.12. The Kier molecular flexibility index (Phi) is 4.73. The third-order valence-electron chi connectivity index (χ3n) is 3.67. The fraction of sp³-hybridized carbons (Fsp3) is 0.412. The molecule has 2 heterocycles. The average Bonchev–Trinajstić information content (AvgIpc) is 2.84. The van der Waals surface area contributed by atoms with E-state index in [1.165, 1.54) is 12.1 Å². The van der Waals surface area contributed by atoms with Crippen molar-refractivity contribution in [3.05, 3.63) is 40.2 Å². The molecular formula is C17H20BrFN4O2. The van der Waals surface area contributed by atoms with Crippen LogP contribution >= 0.6 is 15.9 Å². The minimum Gasteiger partial charge on any atom is -0.444 e. The van der Waals surface area contributed by atoms with Crippen molar-refractivity contribution in [1.29, 1.82) is 0 Å². The van der Waals surface area contributed by atoms with Gasteiger partial charge in [0.1, 0.15) is 11.4 Å². The number of amides is 1. The smallest absolute Gasteiger partial charge is 0.410 e. The van der Waals surface area contributed by atoms with E-state index in [0.29, 0.717) is 25.5 Å². The Morgan fingerprint density at radius 1 is 1.28 bits per heavy atom. The van der Waals surface area contributed by atoms with Crippen LogP contribution in [-0.4, -0.2) is 32.9 Å². The van der Waals surface area contributed by atoms with E-state index in [1.807, 2.05) is 25.5 Å². The monoisotopic (exact) mass is 410 g/mol. The molecule has 0 aliphatic carbocycles. The summed E-state index contributed by atoms with van der Waals surface area (Å²) in [5, 5.41) is 7.68. The maximum Gasteiger partial charge on any atom is 0.410 e. The summed E-state index contributed by atoms with van der Waals surface area (Å²) < 4.78 is 21.1. The van der Waals surface area contributed by atoms with Gasteiger partial charge in [-0.3, -0.25) is 4.68 Å². The second kappa shape index (κ2) is 6.67. The minimum atomic E-state index is -0.526. The Morgan fingerprint density at radius 2 is 1.96 bits per heavy atom. The Hall–Kier alpha value is -2.09. The van der Waals surface area contributed by atoms with Crippen molar-refractivity contribution < 1.29 is 13.9 Å². The SMILES string of the molecule is CC(C)(C)OC(=O)N1CCn2nc(Nc3ccc(F)cc3)c(Br)c2C1. The fourth-order valence-electron chi connectivity index (χ4n) is 2.52. The summed E-state index contributed by atoms with van der Waals surface area (Å²) in [5.74, 6) is 0.342. The molecule has 6 nitrogen and oxygen atoms in total. The molecule has 1 aromatic heterocycles. The van der Waals surface area contributed by atoms with Crippen molar-refractivity contribution in [1.82, 2.24) is 14.7 Å². The molecule has 25 heavy (non-hydrogen) atoms. The van der Waals surface area contributed by atoms with Crippen molar-refractivity contribution in [2.75, 3.05) is 11.9 Å². The molecule has 0 radical (unpaired) electrons. The number of hydrogen-bond acceptors (Lipinski definition) is 4. The molecule has 1 aromatic carbocycles. The summed E-state index contributed by atoms with van der Waals surface area (Å²) in [6.07, 6.45) is -0.333. The molecule has 1 aliphatic heterocycles. The number of rotatable bonds is 2. The summed E-state index contributed by atoms with van der Waals surface area (Å²) in [6, 6.07) is 6.06. The van der Waals surface area contributed by atoms with E-state index in [4.69, 9.17) is 4.74 Å². The third-order valence-corrected chi connectivity index (χ3v) is 4.51. The van der Waals surface area contributed by atoms with Crippen LogP contribution in [0.25, 0.3) is 0 Å². The molecule has 1 N–H and O–H groups in total. The zero-order chi connectivity index (χ0) is 18.2. The van der Waals surface area contributed by atoms with E-state index in [-0.39, 0.29) is 11.9 Å². The van der Waals surface area contributed by atoms with Crippen LogP contribution in [0.5, 0.6) is 0 Å². The quantitative estimate of drug-likeness (QED) is 0.802. The van der Waals surface area contributed by atoms with E-state index in [0.717, 1.165) is 15.9 Å². The second-order valence-corrected chi connectivity index (χ2v) is 7.66. The van der Waals surface area contributed by atoms with Gasteiger partial charge in [-0.25, -0.2) is 9.18 Å². The Bertz CT molecular complexity index is 783. The van der Waals surface area contributed by atoms with Crippen LogP contribution in [-0.2, 0) is 17.8 Å². The number of nitrogens with one attached hydrogen (secondary N) is 1. The number of carbonyl (C=O) groups excluding carboxylic acids is 1. The highest BCUT2D eigenvalue weighted by Gasteiger charge is 2.29. The molecule has 0 saturated carbocycles. The van der Waals surface area contributed by atoms with Crippen LogP contribution in [0.3, 0.4) is 0 Å². The van der Waals surface area contributed by atoms with Crippen LogP contribution in [0.4, 0.5) is 20.7 Å². The van der Waals surface area contributed by atoms with Crippen LogP contribution in [0.2, 0.25) is 0 Å². The van der Waals surface area contributed by atoms with Gasteiger partial charge >= 0.3 is 6.09 Å². The molecular weight excluding hydrogens is 391 g/mol. The molecule has 1 aliphatic rings. The average molecular weight is 411 g/mol. The molecule has 3 rings (SSSR count). The van der Waals surface area contributed by atoms with Crippen molar-refractivity contribution in [2.24, 2.45) is 0 Å². The van der Waals surface area contributed by atoms with Gasteiger partial charge in [0.2, 0.25) is 0 Å². The number of hydrogen-bond donors (Lipinski definition) is 1. The lowest BCUT2D eigenvalue weighted by atomic mass is 10.2. The predicted molar refractivity (Wildman–Crippen MR) is 96.3 cm³/mol. The zero-order valence-electron chi connectivity index (χ0n) is 14.3. The van der Waals surface area contributed by atoms with Gasteiger partial charge in [-0.1, -0.05) is 0 Å². The highest BCUT2D eigenvalue weighted by atomic mass is 79.9. The van der Waals surface area contributed by atoms with Gasteiger partial charge in [0.05, 0.1) is 23.3 Å². The number of aromatic nitrogens is 2. The highest BCUT2D eigenvalue weighted by molar-refractivity contribution is 9.10. The topological polar surface area (TPSA) is 59.4 Å². The lowest BCUT2D eigenvalue weighted by Gasteiger charge is -2.30. The van der Waals surface area contributed by atoms with E-state index >= 15 is 0 Å². The van der Waals surface area contributed by atoms with Gasteiger partial charge in [-0.15, -0.1) is 0 Å². The predicted octanol–water partition coefficient (Wildman–Crippen LogP) is 4.28. The summed E-state index contributed by atoms with van der Waals surface area (Å²) in [7, 11) is 0. The molecule has 1 amide bonds. The number of benzene rings is 1. The first-order valence-electron chi connectivity index (χ1n) is 7.98. The summed E-state index contributed by atoms with van der Waals surface area (Å²) in [4.78, 5) is 13.9. The lowest BCUT2D eigenvalue weighted by Crippen LogP contribution is -2.41. The molecule has 2 aromatic rings. The molecule has 134 valence electrons. The molecule has 0 bridgehead atoms. The lowest BCUT2D eigenvalue weighted by molar-refractivity contribution is 0.0194. The number of carbonyl (C=O) groups is 1. The van der Waals surface area contributed by atoms with Gasteiger partial charge < -0.3 is 15.0 Å². The summed E-state index contributed by atoms with van der Waals surface area (Å²) >= 11 is 3.55. The van der Waals surface area contributed by atoms with Gasteiger partial charge in [0.15, 0.2) is 5.82 Å². The maximum atomic E-state index is 13.0. The van der Waals surface area contributed by atoms with Crippen molar-refractivity contribution in [2.45, 2.75) is 39.5 Å². The first-order chi connectivity index (χ1) is 11.7. The standard InChI is InChI=1S/C17H20BrFN4O2/c1-17(2,3)25-16(24)22-8-9-23-13(10-22)14(18)15(21-23)20-12-6-4-11(19)5-7-12/h4-7H,8-10H2,1-3H3,(H,20,21). The van der Waals surface area contributed by atoms with Crippen LogP contribution in [0, 0.1) is 5.82 Å². The minimum absolute atomic E-state index is 0.290. The van der Waals surface area contributed by atoms with Gasteiger partial charge in [-0.05, 0) is 61.0 Å². The van der Waals surface area contributed by atoms with Gasteiger partial charge in [-0.2, -0.15) is 5.10 Å². The molecule has 0 saturated heterocycles. The van der Waals surface area contributed by atoms with E-state index < -0.39 is 5.60 Å². The largest absolute Gasteiger partial charge is 0.444 e. The second-order valence-electron chi connectivity index (χ2n) is 6.87. The highest BCUT2D eigenvalue weighted by Crippen LogP contribution is 2.31. The number of anilines is 2. The van der Waals surface area contributed by atoms with E-state index in [1.54, 1.807) is 17.0 Å². The number of halogens is 2. The van der Waals surface area contributed by atoms with Crippen LogP contribution < -0.4 is 5.32 Å². The van der Waals surface area contributed by atoms with Crippen LogP contribution in [0.15, 0.2) is 28.7 Å². The first kappa shape index (κ1) is 17.7. The molecule has 0 fully saturated rings. The Morgan fingerprint density at radius 3 is 2.60 bits per heavy atom. The maximum absolute atomic E-state index is 13.0. The molecule has 0 atom stereocenters. The first-order valence-corrected chi connectivity index (χ1v) is 8.78. The number of fused-ring (bicyclic) bond motifs is 1. The number of ether oxygens (including phenoxy) is 1.